The molecule has 2 amide bonds. The molecule has 4 aliphatic carbocycles. The maximum absolute atomic E-state index is 13.4. The number of amides is 2. The van der Waals surface area contributed by atoms with Crippen molar-refractivity contribution in [1.82, 2.24) is 9.80 Å². The summed E-state index contributed by atoms with van der Waals surface area (Å²) in [4.78, 5) is 35.2. The molecule has 7 rings (SSSR count). The highest BCUT2D eigenvalue weighted by molar-refractivity contribution is 6.17. The Kier molecular flexibility index (Phi) is 5.03. The predicted octanol–water partition coefficient (Wildman–Crippen LogP) is 5.56. The van der Waals surface area contributed by atoms with Crippen molar-refractivity contribution in [2.24, 2.45) is 16.3 Å². The number of hydrogen-bond donors (Lipinski definition) is 0. The van der Waals surface area contributed by atoms with Gasteiger partial charge < -0.3 is 4.90 Å². The molecule has 0 radical (unpaired) electrons. The van der Waals surface area contributed by atoms with Gasteiger partial charge in [-0.3, -0.25) is 19.5 Å². The topological polar surface area (TPSA) is 53.0 Å². The molecule has 0 bridgehead atoms. The Hall–Kier alpha value is -2.95. The predicted molar refractivity (Wildman–Crippen MR) is 147 cm³/mol. The van der Waals surface area contributed by atoms with Gasteiger partial charge in [-0.15, -0.1) is 0 Å². The summed E-state index contributed by atoms with van der Waals surface area (Å²) in [6.07, 6.45) is 12.6. The van der Waals surface area contributed by atoms with Crippen LogP contribution >= 0.6 is 0 Å². The number of fused-ring (bicyclic) bond motifs is 1. The molecule has 6 aliphatic rings. The second kappa shape index (κ2) is 8.02. The molecular formula is C32H37N3O2. The maximum Gasteiger partial charge on any atom is 0.256 e. The third kappa shape index (κ3) is 3.84. The van der Waals surface area contributed by atoms with E-state index in [-0.39, 0.29) is 11.3 Å². The SMILES string of the molecule is CC1=Cc2ccc(C3=CC(C)=C(C4=NC5(CC5)C(=O)N4CC4CN(C(=O)C5(C)CC5)C4)CC3)cc2CC1. The number of rotatable bonds is 5. The first-order valence-corrected chi connectivity index (χ1v) is 14.2. The zero-order chi connectivity index (χ0) is 25.5. The van der Waals surface area contributed by atoms with Crippen LogP contribution in [0.5, 0.6) is 0 Å². The molecule has 0 atom stereocenters. The van der Waals surface area contributed by atoms with Crippen LogP contribution in [0.2, 0.25) is 0 Å². The van der Waals surface area contributed by atoms with E-state index < -0.39 is 5.54 Å². The molecule has 1 aromatic carbocycles. The van der Waals surface area contributed by atoms with Crippen molar-refractivity contribution in [1.29, 1.82) is 0 Å². The van der Waals surface area contributed by atoms with E-state index in [9.17, 15) is 9.59 Å². The molecule has 0 aromatic heterocycles. The van der Waals surface area contributed by atoms with Crippen LogP contribution in [0, 0.1) is 11.3 Å². The zero-order valence-electron chi connectivity index (χ0n) is 22.4. The van der Waals surface area contributed by atoms with Gasteiger partial charge in [-0.1, -0.05) is 42.8 Å². The number of aliphatic imine (C=N–C) groups is 1. The molecule has 37 heavy (non-hydrogen) atoms. The van der Waals surface area contributed by atoms with Crippen LogP contribution in [0.25, 0.3) is 11.6 Å². The third-order valence-corrected chi connectivity index (χ3v) is 9.63. The third-order valence-electron chi connectivity index (χ3n) is 9.63. The van der Waals surface area contributed by atoms with E-state index in [4.69, 9.17) is 4.99 Å². The molecular weight excluding hydrogens is 458 g/mol. The number of hydrogen-bond acceptors (Lipinski definition) is 3. The largest absolute Gasteiger partial charge is 0.341 e. The quantitative estimate of drug-likeness (QED) is 0.537. The molecule has 5 heteroatoms. The Bertz CT molecular complexity index is 1350. The number of allylic oxidation sites excluding steroid dienone is 4. The highest BCUT2D eigenvalue weighted by Gasteiger charge is 2.58. The summed E-state index contributed by atoms with van der Waals surface area (Å²) in [5.41, 5.74) is 8.85. The summed E-state index contributed by atoms with van der Waals surface area (Å²) in [7, 11) is 0. The van der Waals surface area contributed by atoms with Gasteiger partial charge in [-0.25, -0.2) is 0 Å². The molecule has 2 saturated carbocycles. The maximum atomic E-state index is 13.4. The lowest BCUT2D eigenvalue weighted by Gasteiger charge is -2.42. The minimum atomic E-state index is -0.489. The van der Waals surface area contributed by atoms with Gasteiger partial charge in [0.15, 0.2) is 0 Å². The number of likely N-dealkylation sites (tertiary alicyclic amines) is 1. The van der Waals surface area contributed by atoms with E-state index in [1.165, 1.54) is 39.0 Å². The number of carbonyl (C=O) groups is 2. The summed E-state index contributed by atoms with van der Waals surface area (Å²) in [6, 6.07) is 6.93. The first-order valence-electron chi connectivity index (χ1n) is 14.2. The van der Waals surface area contributed by atoms with Crippen LogP contribution in [0.4, 0.5) is 0 Å². The highest BCUT2D eigenvalue weighted by atomic mass is 16.2. The molecule has 3 fully saturated rings. The van der Waals surface area contributed by atoms with Gasteiger partial charge in [0.1, 0.15) is 11.4 Å². The number of carbonyl (C=O) groups excluding carboxylic acids is 2. The second-order valence-electron chi connectivity index (χ2n) is 12.8. The van der Waals surface area contributed by atoms with Crippen molar-refractivity contribution in [3.63, 3.8) is 0 Å². The minimum Gasteiger partial charge on any atom is -0.341 e. The lowest BCUT2D eigenvalue weighted by atomic mass is 9.85. The second-order valence-corrected chi connectivity index (χ2v) is 12.8. The van der Waals surface area contributed by atoms with Crippen molar-refractivity contribution < 1.29 is 9.59 Å². The molecule has 2 aliphatic heterocycles. The van der Waals surface area contributed by atoms with Crippen molar-refractivity contribution in [2.45, 2.75) is 77.7 Å². The van der Waals surface area contributed by atoms with E-state index in [2.05, 4.69) is 51.1 Å². The summed E-state index contributed by atoms with van der Waals surface area (Å²) in [6.45, 7) is 8.71. The zero-order valence-corrected chi connectivity index (χ0v) is 22.4. The van der Waals surface area contributed by atoms with E-state index in [0.29, 0.717) is 18.4 Å². The first-order chi connectivity index (χ1) is 17.7. The van der Waals surface area contributed by atoms with E-state index in [0.717, 1.165) is 70.3 Å². The van der Waals surface area contributed by atoms with Crippen molar-refractivity contribution >= 4 is 29.3 Å². The van der Waals surface area contributed by atoms with E-state index >= 15 is 0 Å². The van der Waals surface area contributed by atoms with Gasteiger partial charge in [-0.05, 0) is 98.6 Å². The molecule has 1 saturated heterocycles. The molecule has 1 spiro atoms. The van der Waals surface area contributed by atoms with Gasteiger partial charge in [0.05, 0.1) is 0 Å². The summed E-state index contributed by atoms with van der Waals surface area (Å²) < 4.78 is 0. The normalized spacial score (nSPS) is 25.5. The number of amidine groups is 1. The Balaban J connectivity index is 1.11. The van der Waals surface area contributed by atoms with Crippen LogP contribution in [0.1, 0.15) is 82.4 Å². The van der Waals surface area contributed by atoms with Crippen LogP contribution in [-0.4, -0.2) is 52.6 Å². The van der Waals surface area contributed by atoms with Crippen molar-refractivity contribution in [2.75, 3.05) is 19.6 Å². The van der Waals surface area contributed by atoms with Gasteiger partial charge in [0, 0.05) is 31.0 Å². The smallest absolute Gasteiger partial charge is 0.256 e. The molecule has 2 heterocycles. The van der Waals surface area contributed by atoms with Crippen LogP contribution in [0.15, 0.2) is 46.0 Å². The van der Waals surface area contributed by atoms with Crippen molar-refractivity contribution in [3.8, 4) is 0 Å². The fraction of sp³-hybridized carbons (Fsp3) is 0.531. The Labute approximate surface area is 220 Å². The van der Waals surface area contributed by atoms with E-state index in [1.807, 2.05) is 9.80 Å². The van der Waals surface area contributed by atoms with Gasteiger partial charge in [0.25, 0.3) is 5.91 Å². The molecule has 5 nitrogen and oxygen atoms in total. The average molecular weight is 496 g/mol. The molecule has 0 unspecified atom stereocenters. The van der Waals surface area contributed by atoms with E-state index in [1.54, 1.807) is 0 Å². The Morgan fingerprint density at radius 2 is 1.81 bits per heavy atom. The Morgan fingerprint density at radius 1 is 1.03 bits per heavy atom. The highest BCUT2D eigenvalue weighted by Crippen LogP contribution is 2.49. The summed E-state index contributed by atoms with van der Waals surface area (Å²) in [5.74, 6) is 1.76. The fourth-order valence-corrected chi connectivity index (χ4v) is 6.62. The number of nitrogens with zero attached hydrogens (tertiary/aromatic N) is 3. The monoisotopic (exact) mass is 495 g/mol. The minimum absolute atomic E-state index is 0.110. The fourth-order valence-electron chi connectivity index (χ4n) is 6.62. The summed E-state index contributed by atoms with van der Waals surface area (Å²) in [5, 5.41) is 0. The van der Waals surface area contributed by atoms with Gasteiger partial charge in [0.2, 0.25) is 5.91 Å². The van der Waals surface area contributed by atoms with Crippen LogP contribution in [0.3, 0.4) is 0 Å². The van der Waals surface area contributed by atoms with Crippen LogP contribution in [-0.2, 0) is 16.0 Å². The summed E-state index contributed by atoms with van der Waals surface area (Å²) >= 11 is 0. The molecule has 1 aromatic rings. The number of aryl methyl sites for hydroxylation is 1. The lowest BCUT2D eigenvalue weighted by molar-refractivity contribution is -0.143. The first kappa shape index (κ1) is 23.2. The van der Waals surface area contributed by atoms with Crippen LogP contribution < -0.4 is 0 Å². The molecule has 0 N–H and O–H groups in total. The standard InChI is InChI=1S/C32H37N3O2/c1-20-4-5-25-16-26(7-6-23(25)14-20)24-8-9-27(21(2)15-24)28-33-32(12-13-32)30(37)35(28)19-22-17-34(18-22)29(36)31(3)10-11-31/h6-7,14-16,22H,4-5,8-13,17-19H2,1-3H3. The molecule has 192 valence electrons. The number of benzene rings is 1. The van der Waals surface area contributed by atoms with Gasteiger partial charge in [-0.2, -0.15) is 0 Å². The Morgan fingerprint density at radius 3 is 2.51 bits per heavy atom. The lowest BCUT2D eigenvalue weighted by Crippen LogP contribution is -2.56. The van der Waals surface area contributed by atoms with Crippen molar-refractivity contribution in [3.05, 3.63) is 57.7 Å². The average Bonchev–Trinajstić information content (AvgIpc) is 3.78. The van der Waals surface area contributed by atoms with Gasteiger partial charge >= 0.3 is 0 Å².